The van der Waals surface area contributed by atoms with Crippen LogP contribution in [0.5, 0.6) is 0 Å². The van der Waals surface area contributed by atoms with Crippen molar-refractivity contribution in [2.75, 3.05) is 0 Å². The second kappa shape index (κ2) is 4.71. The van der Waals surface area contributed by atoms with Crippen molar-refractivity contribution < 1.29 is 4.39 Å². The first kappa shape index (κ1) is 11.2. The van der Waals surface area contributed by atoms with E-state index in [0.29, 0.717) is 12.0 Å². The van der Waals surface area contributed by atoms with E-state index in [-0.39, 0.29) is 10.8 Å². The largest absolute Gasteiger partial charge is 0.365 e. The number of aryl methyl sites for hydroxylation is 1. The molecule has 84 valence electrons. The Morgan fingerprint density at radius 1 is 1.38 bits per heavy atom. The van der Waals surface area contributed by atoms with Gasteiger partial charge in [0.2, 0.25) is 0 Å². The average molecular weight is 238 g/mol. The van der Waals surface area contributed by atoms with Crippen LogP contribution in [0.1, 0.15) is 23.7 Å². The zero-order chi connectivity index (χ0) is 11.5. The molecule has 0 unspecified atom stereocenters. The lowest BCUT2D eigenvalue weighted by Crippen LogP contribution is -1.91. The van der Waals surface area contributed by atoms with Gasteiger partial charge in [-0.2, -0.15) is 0 Å². The minimum absolute atomic E-state index is 0.184. The lowest BCUT2D eigenvalue weighted by atomic mass is 10.1. The maximum absolute atomic E-state index is 13.6. The van der Waals surface area contributed by atoms with Crippen LogP contribution in [0.4, 0.5) is 4.39 Å². The lowest BCUT2D eigenvalue weighted by Gasteiger charge is -2.02. The summed E-state index contributed by atoms with van der Waals surface area (Å²) < 4.78 is 13.6. The van der Waals surface area contributed by atoms with Crippen LogP contribution in [-0.4, -0.2) is 4.98 Å². The molecule has 0 atom stereocenters. The predicted octanol–water partition coefficient (Wildman–Crippen LogP) is 3.96. The van der Waals surface area contributed by atoms with Crippen molar-refractivity contribution in [1.82, 2.24) is 4.98 Å². The van der Waals surface area contributed by atoms with Gasteiger partial charge >= 0.3 is 0 Å². The van der Waals surface area contributed by atoms with Crippen LogP contribution < -0.4 is 0 Å². The number of halogens is 2. The van der Waals surface area contributed by atoms with Crippen LogP contribution in [0.25, 0.3) is 0 Å². The van der Waals surface area contributed by atoms with Crippen LogP contribution in [-0.2, 0) is 12.8 Å². The van der Waals surface area contributed by atoms with Crippen LogP contribution >= 0.6 is 11.6 Å². The molecule has 0 aliphatic heterocycles. The number of hydrogen-bond acceptors (Lipinski definition) is 0. The maximum atomic E-state index is 13.6. The first-order valence-corrected chi connectivity index (χ1v) is 5.67. The Morgan fingerprint density at radius 3 is 2.88 bits per heavy atom. The van der Waals surface area contributed by atoms with E-state index in [1.807, 2.05) is 6.20 Å². The molecule has 0 amide bonds. The molecule has 1 nitrogen and oxygen atoms in total. The molecule has 1 aromatic carbocycles. The number of nitrogens with one attached hydrogen (secondary N) is 1. The lowest BCUT2D eigenvalue weighted by molar-refractivity contribution is 0.614. The molecule has 2 rings (SSSR count). The molecule has 0 saturated heterocycles. The molecule has 1 N–H and O–H groups in total. The summed E-state index contributed by atoms with van der Waals surface area (Å²) in [6.45, 7) is 2.08. The Hall–Kier alpha value is -1.28. The Balaban J connectivity index is 2.23. The van der Waals surface area contributed by atoms with Gasteiger partial charge in [-0.25, -0.2) is 4.39 Å². The second-order valence-corrected chi connectivity index (χ2v) is 4.18. The second-order valence-electron chi connectivity index (χ2n) is 3.78. The fraction of sp³-hybridized carbons (Fsp3) is 0.231. The van der Waals surface area contributed by atoms with Crippen LogP contribution in [0, 0.1) is 5.82 Å². The van der Waals surface area contributed by atoms with Crippen LogP contribution in [0.15, 0.2) is 30.5 Å². The molecule has 0 spiro atoms. The van der Waals surface area contributed by atoms with Gasteiger partial charge in [0, 0.05) is 18.3 Å². The molecule has 0 radical (unpaired) electrons. The Morgan fingerprint density at radius 2 is 2.19 bits per heavy atom. The van der Waals surface area contributed by atoms with E-state index < -0.39 is 0 Å². The summed E-state index contributed by atoms with van der Waals surface area (Å²) in [5, 5.41) is 0.184. The van der Waals surface area contributed by atoms with Gasteiger partial charge in [-0.1, -0.05) is 30.7 Å². The third kappa shape index (κ3) is 2.27. The number of hydrogen-bond donors (Lipinski definition) is 1. The van der Waals surface area contributed by atoms with E-state index in [9.17, 15) is 4.39 Å². The fourth-order valence-electron chi connectivity index (χ4n) is 1.70. The van der Waals surface area contributed by atoms with E-state index in [2.05, 4.69) is 18.0 Å². The van der Waals surface area contributed by atoms with Crippen molar-refractivity contribution in [2.24, 2.45) is 0 Å². The quantitative estimate of drug-likeness (QED) is 0.832. The van der Waals surface area contributed by atoms with Gasteiger partial charge in [0.15, 0.2) is 0 Å². The number of aromatic nitrogens is 1. The smallest absolute Gasteiger partial charge is 0.145 e. The number of H-pyrrole nitrogens is 1. The van der Waals surface area contributed by atoms with Gasteiger partial charge in [-0.15, -0.1) is 0 Å². The van der Waals surface area contributed by atoms with Gasteiger partial charge < -0.3 is 4.98 Å². The number of aromatic amines is 1. The molecule has 0 aliphatic carbocycles. The highest BCUT2D eigenvalue weighted by Crippen LogP contribution is 2.20. The van der Waals surface area contributed by atoms with Crippen molar-refractivity contribution >= 4 is 11.6 Å². The zero-order valence-corrected chi connectivity index (χ0v) is 9.81. The molecule has 2 aromatic rings. The van der Waals surface area contributed by atoms with Gasteiger partial charge in [-0.3, -0.25) is 0 Å². The Kier molecular flexibility index (Phi) is 3.30. The average Bonchev–Trinajstić information content (AvgIpc) is 2.73. The Labute approximate surface area is 99.3 Å². The first-order chi connectivity index (χ1) is 7.70. The predicted molar refractivity (Wildman–Crippen MR) is 64.4 cm³/mol. The molecule has 16 heavy (non-hydrogen) atoms. The summed E-state index contributed by atoms with van der Waals surface area (Å²) in [6, 6.07) is 7.16. The third-order valence-corrected chi connectivity index (χ3v) is 2.90. The minimum atomic E-state index is -0.316. The van der Waals surface area contributed by atoms with Crippen LogP contribution in [0.3, 0.4) is 0 Å². The maximum Gasteiger partial charge on any atom is 0.145 e. The molecule has 0 aliphatic rings. The summed E-state index contributed by atoms with van der Waals surface area (Å²) in [5.41, 5.74) is 2.88. The topological polar surface area (TPSA) is 15.8 Å². The number of benzene rings is 1. The highest BCUT2D eigenvalue weighted by molar-refractivity contribution is 6.30. The number of rotatable bonds is 3. The van der Waals surface area contributed by atoms with E-state index >= 15 is 0 Å². The van der Waals surface area contributed by atoms with E-state index in [1.54, 1.807) is 18.2 Å². The van der Waals surface area contributed by atoms with Crippen LogP contribution in [0.2, 0.25) is 5.02 Å². The normalized spacial score (nSPS) is 10.7. The first-order valence-electron chi connectivity index (χ1n) is 5.29. The molecule has 0 saturated carbocycles. The van der Waals surface area contributed by atoms with Crippen molar-refractivity contribution in [1.29, 1.82) is 0 Å². The summed E-state index contributed by atoms with van der Waals surface area (Å²) in [6.07, 6.45) is 3.44. The third-order valence-electron chi connectivity index (χ3n) is 2.61. The van der Waals surface area contributed by atoms with E-state index in [1.165, 1.54) is 0 Å². The fourth-order valence-corrected chi connectivity index (χ4v) is 1.90. The van der Waals surface area contributed by atoms with Crippen molar-refractivity contribution in [3.8, 4) is 0 Å². The van der Waals surface area contributed by atoms with E-state index in [4.69, 9.17) is 11.6 Å². The van der Waals surface area contributed by atoms with Gasteiger partial charge in [0.1, 0.15) is 5.82 Å². The summed E-state index contributed by atoms with van der Waals surface area (Å²) >= 11 is 5.73. The molecule has 1 aromatic heterocycles. The van der Waals surface area contributed by atoms with E-state index in [0.717, 1.165) is 17.7 Å². The standard InChI is InChI=1S/C13H13ClFN/c1-2-11-7-9(8-16-11)6-10-4-3-5-12(14)13(10)15/h3-5,7-8,16H,2,6H2,1H3. The molecule has 0 fully saturated rings. The summed E-state index contributed by atoms with van der Waals surface area (Å²) in [7, 11) is 0. The van der Waals surface area contributed by atoms with Crippen molar-refractivity contribution in [3.05, 3.63) is 58.1 Å². The zero-order valence-electron chi connectivity index (χ0n) is 9.06. The van der Waals surface area contributed by atoms with Gasteiger partial charge in [0.05, 0.1) is 5.02 Å². The van der Waals surface area contributed by atoms with Crippen molar-refractivity contribution in [3.63, 3.8) is 0 Å². The molecular weight excluding hydrogens is 225 g/mol. The molecule has 3 heteroatoms. The van der Waals surface area contributed by atoms with Crippen molar-refractivity contribution in [2.45, 2.75) is 19.8 Å². The van der Waals surface area contributed by atoms with Gasteiger partial charge in [0.25, 0.3) is 0 Å². The summed E-state index contributed by atoms with van der Waals surface area (Å²) in [4.78, 5) is 3.15. The molecule has 1 heterocycles. The molecule has 0 bridgehead atoms. The summed E-state index contributed by atoms with van der Waals surface area (Å²) in [5.74, 6) is -0.316. The monoisotopic (exact) mass is 237 g/mol. The highest BCUT2D eigenvalue weighted by atomic mass is 35.5. The minimum Gasteiger partial charge on any atom is -0.365 e. The Bertz CT molecular complexity index is 490. The molecular formula is C13H13ClFN. The SMILES string of the molecule is CCc1cc(Cc2cccc(Cl)c2F)c[nH]1. The van der Waals surface area contributed by atoms with Gasteiger partial charge in [-0.05, 0) is 29.7 Å². The highest BCUT2D eigenvalue weighted by Gasteiger charge is 2.07.